The second kappa shape index (κ2) is 6.48. The number of halogens is 1. The lowest BCUT2D eigenvalue weighted by Gasteiger charge is -2.21. The predicted molar refractivity (Wildman–Crippen MR) is 94.4 cm³/mol. The minimum Gasteiger partial charge on any atom is -0.381 e. The van der Waals surface area contributed by atoms with E-state index in [1.165, 1.54) is 46.4 Å². The van der Waals surface area contributed by atoms with Crippen LogP contribution in [0.2, 0.25) is 0 Å². The van der Waals surface area contributed by atoms with Crippen LogP contribution in [0.25, 0.3) is 0 Å². The molecule has 0 saturated carbocycles. The molecule has 1 heterocycles. The molecule has 0 radical (unpaired) electrons. The third-order valence-corrected chi connectivity index (χ3v) is 4.48. The van der Waals surface area contributed by atoms with E-state index in [4.69, 9.17) is 0 Å². The topological polar surface area (TPSA) is 15.3 Å². The minimum atomic E-state index is 0.882. The Hall–Kier alpha value is -1.23. The van der Waals surface area contributed by atoms with Gasteiger partial charge in [-0.05, 0) is 71.3 Å². The fourth-order valence-electron chi connectivity index (χ4n) is 2.69. The molecule has 0 atom stereocenters. The van der Waals surface area contributed by atoms with E-state index in [1.807, 2.05) is 0 Å². The van der Waals surface area contributed by atoms with E-state index < -0.39 is 0 Å². The van der Waals surface area contributed by atoms with Crippen LogP contribution in [-0.4, -0.2) is 13.1 Å². The summed E-state index contributed by atoms with van der Waals surface area (Å²) >= 11 is 2.33. The van der Waals surface area contributed by atoms with Crippen molar-refractivity contribution >= 4 is 34.0 Å². The van der Waals surface area contributed by atoms with Crippen molar-refractivity contribution in [3.05, 3.63) is 57.7 Å². The number of rotatable bonds is 4. The molecule has 0 amide bonds. The maximum absolute atomic E-state index is 3.52. The van der Waals surface area contributed by atoms with Gasteiger partial charge >= 0.3 is 0 Å². The molecule has 2 nitrogen and oxygen atoms in total. The number of nitrogens with one attached hydrogen (secondary N) is 1. The molecule has 1 saturated heterocycles. The first-order chi connectivity index (χ1) is 9.83. The molecule has 2 aromatic rings. The first kappa shape index (κ1) is 13.7. The maximum atomic E-state index is 3.52. The molecule has 0 bridgehead atoms. The van der Waals surface area contributed by atoms with Gasteiger partial charge in [0.1, 0.15) is 0 Å². The standard InChI is InChI=1S/C17H19IN2/c18-15-7-9-16(10-8-15)19-13-14-5-1-2-6-17(14)20-11-3-4-12-20/h1-2,5-10,19H,3-4,11-13H2. The van der Waals surface area contributed by atoms with Crippen LogP contribution in [0, 0.1) is 3.57 Å². The van der Waals surface area contributed by atoms with E-state index in [2.05, 4.69) is 81.3 Å². The Balaban J connectivity index is 1.72. The van der Waals surface area contributed by atoms with Gasteiger partial charge in [-0.25, -0.2) is 0 Å². The summed E-state index contributed by atoms with van der Waals surface area (Å²) in [5, 5.41) is 3.52. The lowest BCUT2D eigenvalue weighted by atomic mass is 10.1. The minimum absolute atomic E-state index is 0.882. The number of hydrogen-bond acceptors (Lipinski definition) is 2. The van der Waals surface area contributed by atoms with Gasteiger partial charge in [-0.1, -0.05) is 18.2 Å². The predicted octanol–water partition coefficient (Wildman–Crippen LogP) is 4.50. The van der Waals surface area contributed by atoms with E-state index >= 15 is 0 Å². The summed E-state index contributed by atoms with van der Waals surface area (Å²) in [5.41, 5.74) is 3.96. The molecular weight excluding hydrogens is 359 g/mol. The third-order valence-electron chi connectivity index (χ3n) is 3.77. The van der Waals surface area contributed by atoms with Crippen LogP contribution >= 0.6 is 22.6 Å². The Morgan fingerprint density at radius 2 is 1.65 bits per heavy atom. The zero-order chi connectivity index (χ0) is 13.8. The average molecular weight is 378 g/mol. The largest absolute Gasteiger partial charge is 0.381 e. The molecule has 3 rings (SSSR count). The Kier molecular flexibility index (Phi) is 4.45. The van der Waals surface area contributed by atoms with E-state index in [0.29, 0.717) is 0 Å². The smallest absolute Gasteiger partial charge is 0.0421 e. The van der Waals surface area contributed by atoms with E-state index in [0.717, 1.165) is 6.54 Å². The second-order valence-electron chi connectivity index (χ2n) is 5.18. The van der Waals surface area contributed by atoms with Crippen LogP contribution < -0.4 is 10.2 Å². The summed E-state index contributed by atoms with van der Waals surface area (Å²) in [4.78, 5) is 2.50. The number of anilines is 2. The Labute approximate surface area is 134 Å². The molecule has 0 aromatic heterocycles. The molecule has 1 aliphatic rings. The number of hydrogen-bond donors (Lipinski definition) is 1. The number of benzene rings is 2. The van der Waals surface area contributed by atoms with Gasteiger partial charge in [-0.15, -0.1) is 0 Å². The first-order valence-corrected chi connectivity index (χ1v) is 8.23. The van der Waals surface area contributed by atoms with Gasteiger partial charge in [0.2, 0.25) is 0 Å². The first-order valence-electron chi connectivity index (χ1n) is 7.15. The van der Waals surface area contributed by atoms with Crippen LogP contribution in [0.1, 0.15) is 18.4 Å². The molecule has 20 heavy (non-hydrogen) atoms. The molecule has 0 aliphatic carbocycles. The molecule has 0 unspecified atom stereocenters. The summed E-state index contributed by atoms with van der Waals surface area (Å²) in [5.74, 6) is 0. The lowest BCUT2D eigenvalue weighted by molar-refractivity contribution is 0.949. The average Bonchev–Trinajstić information content (AvgIpc) is 3.01. The highest BCUT2D eigenvalue weighted by Gasteiger charge is 2.14. The van der Waals surface area contributed by atoms with Gasteiger partial charge in [-0.2, -0.15) is 0 Å². The van der Waals surface area contributed by atoms with Crippen LogP contribution in [0.5, 0.6) is 0 Å². The molecule has 1 fully saturated rings. The summed E-state index contributed by atoms with van der Waals surface area (Å²) in [7, 11) is 0. The van der Waals surface area contributed by atoms with Gasteiger partial charge in [0.15, 0.2) is 0 Å². The summed E-state index contributed by atoms with van der Waals surface area (Å²) in [6.45, 7) is 3.27. The highest BCUT2D eigenvalue weighted by molar-refractivity contribution is 14.1. The van der Waals surface area contributed by atoms with Gasteiger partial charge < -0.3 is 10.2 Å². The van der Waals surface area contributed by atoms with Gasteiger partial charge in [-0.3, -0.25) is 0 Å². The summed E-state index contributed by atoms with van der Waals surface area (Å²) in [6, 6.07) is 17.3. The molecule has 3 heteroatoms. The van der Waals surface area contributed by atoms with E-state index in [9.17, 15) is 0 Å². The quantitative estimate of drug-likeness (QED) is 0.788. The van der Waals surface area contributed by atoms with Crippen molar-refractivity contribution in [2.24, 2.45) is 0 Å². The highest BCUT2D eigenvalue weighted by atomic mass is 127. The van der Waals surface area contributed by atoms with Gasteiger partial charge in [0, 0.05) is 34.6 Å². The van der Waals surface area contributed by atoms with Crippen molar-refractivity contribution in [2.45, 2.75) is 19.4 Å². The van der Waals surface area contributed by atoms with E-state index in [1.54, 1.807) is 0 Å². The molecule has 104 valence electrons. The van der Waals surface area contributed by atoms with Crippen molar-refractivity contribution in [3.63, 3.8) is 0 Å². The molecule has 1 N–H and O–H groups in total. The SMILES string of the molecule is Ic1ccc(NCc2ccccc2N2CCCC2)cc1. The van der Waals surface area contributed by atoms with Crippen molar-refractivity contribution in [1.29, 1.82) is 0 Å². The van der Waals surface area contributed by atoms with Gasteiger partial charge in [0.25, 0.3) is 0 Å². The normalized spacial score (nSPS) is 14.6. The van der Waals surface area contributed by atoms with Crippen LogP contribution in [0.15, 0.2) is 48.5 Å². The van der Waals surface area contributed by atoms with Crippen molar-refractivity contribution < 1.29 is 0 Å². The van der Waals surface area contributed by atoms with Crippen LogP contribution in [0.3, 0.4) is 0 Å². The zero-order valence-electron chi connectivity index (χ0n) is 11.5. The fraction of sp³-hybridized carbons (Fsp3) is 0.294. The van der Waals surface area contributed by atoms with Crippen molar-refractivity contribution in [1.82, 2.24) is 0 Å². The molecule has 0 spiro atoms. The maximum Gasteiger partial charge on any atom is 0.0421 e. The van der Waals surface area contributed by atoms with Gasteiger partial charge in [0.05, 0.1) is 0 Å². The number of para-hydroxylation sites is 1. The summed E-state index contributed by atoms with van der Waals surface area (Å²) < 4.78 is 1.27. The molecule has 1 aliphatic heterocycles. The lowest BCUT2D eigenvalue weighted by Crippen LogP contribution is -2.19. The third kappa shape index (κ3) is 3.26. The monoisotopic (exact) mass is 378 g/mol. The second-order valence-corrected chi connectivity index (χ2v) is 6.43. The molecule has 2 aromatic carbocycles. The van der Waals surface area contributed by atoms with Crippen LogP contribution in [0.4, 0.5) is 11.4 Å². The number of nitrogens with zero attached hydrogens (tertiary/aromatic N) is 1. The summed E-state index contributed by atoms with van der Waals surface area (Å²) in [6.07, 6.45) is 2.64. The fourth-order valence-corrected chi connectivity index (χ4v) is 3.05. The van der Waals surface area contributed by atoms with Crippen molar-refractivity contribution in [3.8, 4) is 0 Å². The Morgan fingerprint density at radius 1 is 0.950 bits per heavy atom. The van der Waals surface area contributed by atoms with E-state index in [-0.39, 0.29) is 0 Å². The Bertz CT molecular complexity index is 559. The van der Waals surface area contributed by atoms with Crippen LogP contribution in [-0.2, 0) is 6.54 Å². The Morgan fingerprint density at radius 3 is 2.40 bits per heavy atom. The zero-order valence-corrected chi connectivity index (χ0v) is 13.6. The van der Waals surface area contributed by atoms with Crippen molar-refractivity contribution in [2.75, 3.05) is 23.3 Å². The highest BCUT2D eigenvalue weighted by Crippen LogP contribution is 2.25. The molecular formula is C17H19IN2.